The summed E-state index contributed by atoms with van der Waals surface area (Å²) in [6.45, 7) is 25.8. The smallest absolute Gasteiger partial charge is 0.332 e. The normalized spacial score (nSPS) is 11.6. The third kappa shape index (κ3) is 40.1. The van der Waals surface area contributed by atoms with Crippen molar-refractivity contribution in [3.05, 3.63) is 88.5 Å². The third-order valence-electron chi connectivity index (χ3n) is 5.61. The molecule has 0 saturated heterocycles. The van der Waals surface area contributed by atoms with E-state index in [-0.39, 0.29) is 38.0 Å². The summed E-state index contributed by atoms with van der Waals surface area (Å²) in [4.78, 5) is 36.9. The van der Waals surface area contributed by atoms with Crippen molar-refractivity contribution in [1.82, 2.24) is 0 Å². The highest BCUT2D eigenvalue weighted by Gasteiger charge is 2.10. The quantitative estimate of drug-likeness (QED) is 0.0195. The molecule has 0 rings (SSSR count). The number of hydrogen-bond acceptors (Lipinski definition) is 12. The number of esters is 2. The van der Waals surface area contributed by atoms with Gasteiger partial charge in [-0.05, 0) is 51.5 Å². The number of carbonyl (C=O) groups excluding carboxylic acids is 2. The van der Waals surface area contributed by atoms with E-state index < -0.39 is 24.0 Å². The van der Waals surface area contributed by atoms with Crippen molar-refractivity contribution < 1.29 is 63.2 Å². The lowest BCUT2D eigenvalue weighted by Crippen LogP contribution is -2.20. The number of unbranched alkanes of at least 4 members (excludes halogenated alkanes) is 4. The minimum atomic E-state index is -0.963. The molecule has 0 spiro atoms. The molecular formula is C36H58O13. The van der Waals surface area contributed by atoms with E-state index in [1.54, 1.807) is 30.4 Å². The summed E-state index contributed by atoms with van der Waals surface area (Å²) in [6.07, 6.45) is 15.0. The van der Waals surface area contributed by atoms with Crippen molar-refractivity contribution >= 4 is 17.9 Å². The molecule has 3 unspecified atom stereocenters. The lowest BCUT2D eigenvalue weighted by molar-refractivity contribution is -0.243. The molecule has 0 fully saturated rings. The Morgan fingerprint density at radius 3 is 1.33 bits per heavy atom. The molecule has 0 heterocycles. The number of carbonyl (C=O) groups is 3. The van der Waals surface area contributed by atoms with Crippen molar-refractivity contribution in [1.29, 1.82) is 0 Å². The molecule has 0 aliphatic heterocycles. The first-order valence-corrected chi connectivity index (χ1v) is 15.9. The molecule has 13 heteroatoms. The largest absolute Gasteiger partial charge is 0.480 e. The Hall–Kier alpha value is -4.01. The highest BCUT2D eigenvalue weighted by atomic mass is 17.1. The van der Waals surface area contributed by atoms with E-state index in [4.69, 9.17) is 43.9 Å². The minimum Gasteiger partial charge on any atom is -0.480 e. The number of ether oxygens (including phenoxy) is 6. The summed E-state index contributed by atoms with van der Waals surface area (Å²) in [5.74, 6) is -1.93. The van der Waals surface area contributed by atoms with Crippen LogP contribution < -0.4 is 0 Å². The summed E-state index contributed by atoms with van der Waals surface area (Å²) >= 11 is 0. The van der Waals surface area contributed by atoms with E-state index in [9.17, 15) is 14.4 Å². The van der Waals surface area contributed by atoms with Crippen LogP contribution in [-0.2, 0) is 47.7 Å². The first-order valence-electron chi connectivity index (χ1n) is 15.9. The predicted octanol–water partition coefficient (Wildman–Crippen LogP) is 5.88. The molecule has 0 aromatic heterocycles. The van der Waals surface area contributed by atoms with Gasteiger partial charge in [-0.1, -0.05) is 49.6 Å². The van der Waals surface area contributed by atoms with Gasteiger partial charge in [0, 0.05) is 32.7 Å². The number of carboxylic acid groups (broad SMARTS) is 1. The topological polar surface area (TPSA) is 177 Å². The fraction of sp³-hybridized carbons (Fsp3) is 0.528. The molecule has 49 heavy (non-hydrogen) atoms. The molecule has 0 aliphatic rings. The first kappa shape index (κ1) is 49.4. The molecule has 3 atom stereocenters. The number of carboxylic acids is 1. The standard InChI is InChI=1S/C21H32O6.C9H16O6.C6H10O/c1-5-12-18(7-3)26-20(22)16-24-14-10-9-11-15-25-17-21(23)27-19(8-4)13-6-2;1-8(15-12)14-6-4-2-3-5-13-7-9(10)11;1-3-5-6(7)4-2/h5-8,18-19H,1-4,9-17H2;12H,1-7H2,(H,10,11);3-4,6-7H,1-2,5H2. The average molecular weight is 699 g/mol. The van der Waals surface area contributed by atoms with Gasteiger partial charge in [-0.3, -0.25) is 0 Å². The minimum absolute atomic E-state index is 0.0843. The fourth-order valence-corrected chi connectivity index (χ4v) is 3.14. The SMILES string of the molecule is C=C(OO)OCCCCCOCC(=O)O.C=CCC(C=C)OC(=O)COCCCCCOCC(=O)OC(C=C)CC=C.C=CCC(O)C=C. The Labute approximate surface area is 291 Å². The second-order valence-corrected chi connectivity index (χ2v) is 9.89. The van der Waals surface area contributed by atoms with Gasteiger partial charge >= 0.3 is 23.9 Å². The van der Waals surface area contributed by atoms with Crippen LogP contribution in [0.5, 0.6) is 0 Å². The van der Waals surface area contributed by atoms with E-state index in [0.29, 0.717) is 45.7 Å². The van der Waals surface area contributed by atoms with Crippen LogP contribution in [0.4, 0.5) is 0 Å². The lowest BCUT2D eigenvalue weighted by Gasteiger charge is -2.12. The van der Waals surface area contributed by atoms with Crippen LogP contribution in [0, 0.1) is 0 Å². The second kappa shape index (κ2) is 38.4. The molecule has 0 aromatic carbocycles. The average Bonchev–Trinajstić information content (AvgIpc) is 3.08. The molecule has 0 saturated carbocycles. The Kier molecular flexibility index (Phi) is 38.7. The third-order valence-corrected chi connectivity index (χ3v) is 5.61. The molecule has 0 aromatic rings. The lowest BCUT2D eigenvalue weighted by atomic mass is 10.2. The summed E-state index contributed by atoms with van der Waals surface area (Å²) in [5.41, 5.74) is 0. The Morgan fingerprint density at radius 2 is 1.00 bits per heavy atom. The second-order valence-electron chi connectivity index (χ2n) is 9.89. The maximum absolute atomic E-state index is 11.6. The van der Waals surface area contributed by atoms with E-state index in [1.807, 2.05) is 0 Å². The molecular weight excluding hydrogens is 640 g/mol. The maximum atomic E-state index is 11.6. The summed E-state index contributed by atoms with van der Waals surface area (Å²) < 4.78 is 30.5. The fourth-order valence-electron chi connectivity index (χ4n) is 3.14. The number of rotatable bonds is 31. The monoisotopic (exact) mass is 698 g/mol. The van der Waals surface area contributed by atoms with Crippen LogP contribution in [0.15, 0.2) is 88.5 Å². The van der Waals surface area contributed by atoms with E-state index in [0.717, 1.165) is 38.5 Å². The van der Waals surface area contributed by atoms with Crippen molar-refractivity contribution in [2.24, 2.45) is 0 Å². The van der Waals surface area contributed by atoms with Crippen molar-refractivity contribution in [2.45, 2.75) is 76.1 Å². The van der Waals surface area contributed by atoms with Gasteiger partial charge in [-0.15, -0.1) is 26.3 Å². The predicted molar refractivity (Wildman–Crippen MR) is 187 cm³/mol. The summed E-state index contributed by atoms with van der Waals surface area (Å²) in [7, 11) is 0. The zero-order valence-electron chi connectivity index (χ0n) is 28.9. The number of hydrogen-bond donors (Lipinski definition) is 3. The molecule has 13 nitrogen and oxygen atoms in total. The van der Waals surface area contributed by atoms with Crippen LogP contribution in [0.25, 0.3) is 0 Å². The zero-order valence-corrected chi connectivity index (χ0v) is 28.9. The highest BCUT2D eigenvalue weighted by molar-refractivity contribution is 5.71. The molecule has 0 radical (unpaired) electrons. The van der Waals surface area contributed by atoms with E-state index in [2.05, 4.69) is 50.9 Å². The summed E-state index contributed by atoms with van der Waals surface area (Å²) in [5, 5.41) is 25.0. The number of aliphatic hydroxyl groups is 1. The number of aliphatic hydroxyl groups excluding tert-OH is 1. The van der Waals surface area contributed by atoms with Crippen molar-refractivity contribution in [3.63, 3.8) is 0 Å². The van der Waals surface area contributed by atoms with Gasteiger partial charge in [0.1, 0.15) is 32.0 Å². The Balaban J connectivity index is -0.000000799. The molecule has 0 amide bonds. The molecule has 3 N–H and O–H groups in total. The van der Waals surface area contributed by atoms with Crippen molar-refractivity contribution in [2.75, 3.05) is 46.2 Å². The molecule has 0 bridgehead atoms. The van der Waals surface area contributed by atoms with E-state index in [1.165, 1.54) is 6.08 Å². The molecule has 0 aliphatic carbocycles. The van der Waals surface area contributed by atoms with Crippen molar-refractivity contribution in [3.8, 4) is 0 Å². The van der Waals surface area contributed by atoms with E-state index >= 15 is 0 Å². The van der Waals surface area contributed by atoms with Gasteiger partial charge in [0.15, 0.2) is 0 Å². The van der Waals surface area contributed by atoms with Gasteiger partial charge in [0.05, 0.1) is 12.7 Å². The number of aliphatic carboxylic acids is 1. The van der Waals surface area contributed by atoms with Crippen LogP contribution in [-0.4, -0.2) is 97.9 Å². The Morgan fingerprint density at radius 1 is 0.592 bits per heavy atom. The van der Waals surface area contributed by atoms with Crippen LogP contribution >= 0.6 is 0 Å². The summed E-state index contributed by atoms with van der Waals surface area (Å²) in [6, 6.07) is 0. The maximum Gasteiger partial charge on any atom is 0.332 e. The van der Waals surface area contributed by atoms with Gasteiger partial charge in [0.2, 0.25) is 0 Å². The Bertz CT molecular complexity index is 890. The van der Waals surface area contributed by atoms with Gasteiger partial charge in [0.25, 0.3) is 0 Å². The van der Waals surface area contributed by atoms with Crippen LogP contribution in [0.2, 0.25) is 0 Å². The zero-order chi connectivity index (χ0) is 37.5. The van der Waals surface area contributed by atoms with Gasteiger partial charge < -0.3 is 43.5 Å². The van der Waals surface area contributed by atoms with Crippen LogP contribution in [0.1, 0.15) is 57.8 Å². The van der Waals surface area contributed by atoms with Gasteiger partial charge in [-0.25, -0.2) is 14.4 Å². The highest BCUT2D eigenvalue weighted by Crippen LogP contribution is 2.04. The first-order chi connectivity index (χ1) is 23.5. The van der Waals surface area contributed by atoms with Crippen LogP contribution in [0.3, 0.4) is 0 Å². The molecule has 280 valence electrons. The van der Waals surface area contributed by atoms with Gasteiger partial charge in [-0.2, -0.15) is 5.26 Å².